The standard InChI is InChI=1S/C14H20ClNO2/c15-13-6-2-1-5-12(13)14(18)7-9-16-8-3-4-11(17)10-16/h1-2,5-6,11,14,17-18H,3-4,7-10H2. The van der Waals surface area contributed by atoms with E-state index >= 15 is 0 Å². The highest BCUT2D eigenvalue weighted by molar-refractivity contribution is 6.31. The highest BCUT2D eigenvalue weighted by atomic mass is 35.5. The van der Waals surface area contributed by atoms with E-state index in [2.05, 4.69) is 4.90 Å². The van der Waals surface area contributed by atoms with Crippen LogP contribution in [0.5, 0.6) is 0 Å². The van der Waals surface area contributed by atoms with Crippen LogP contribution in [0.1, 0.15) is 30.9 Å². The average molecular weight is 270 g/mol. The number of hydrogen-bond donors (Lipinski definition) is 2. The first-order valence-corrected chi connectivity index (χ1v) is 6.87. The summed E-state index contributed by atoms with van der Waals surface area (Å²) in [6.07, 6.45) is 1.83. The molecule has 0 radical (unpaired) electrons. The third kappa shape index (κ3) is 3.69. The minimum Gasteiger partial charge on any atom is -0.392 e. The van der Waals surface area contributed by atoms with Crippen molar-refractivity contribution in [2.75, 3.05) is 19.6 Å². The van der Waals surface area contributed by atoms with Crippen molar-refractivity contribution in [3.8, 4) is 0 Å². The van der Waals surface area contributed by atoms with Crippen LogP contribution in [-0.4, -0.2) is 40.9 Å². The van der Waals surface area contributed by atoms with Crippen LogP contribution >= 0.6 is 11.6 Å². The van der Waals surface area contributed by atoms with Gasteiger partial charge >= 0.3 is 0 Å². The number of benzene rings is 1. The molecule has 0 spiro atoms. The molecular weight excluding hydrogens is 250 g/mol. The first-order chi connectivity index (χ1) is 8.66. The van der Waals surface area contributed by atoms with E-state index in [0.29, 0.717) is 11.4 Å². The van der Waals surface area contributed by atoms with E-state index in [1.165, 1.54) is 0 Å². The van der Waals surface area contributed by atoms with Crippen molar-refractivity contribution in [1.82, 2.24) is 4.90 Å². The Balaban J connectivity index is 1.84. The van der Waals surface area contributed by atoms with Gasteiger partial charge in [0.15, 0.2) is 0 Å². The number of aliphatic hydroxyl groups is 2. The largest absolute Gasteiger partial charge is 0.392 e. The smallest absolute Gasteiger partial charge is 0.0816 e. The highest BCUT2D eigenvalue weighted by Gasteiger charge is 2.19. The fourth-order valence-electron chi connectivity index (χ4n) is 2.44. The summed E-state index contributed by atoms with van der Waals surface area (Å²) >= 11 is 6.05. The fraction of sp³-hybridized carbons (Fsp3) is 0.571. The third-order valence-corrected chi connectivity index (χ3v) is 3.81. The normalized spacial score (nSPS) is 22.9. The van der Waals surface area contributed by atoms with Crippen molar-refractivity contribution in [2.24, 2.45) is 0 Å². The second-order valence-electron chi connectivity index (χ2n) is 4.92. The van der Waals surface area contributed by atoms with E-state index in [1.807, 2.05) is 18.2 Å². The maximum atomic E-state index is 10.1. The van der Waals surface area contributed by atoms with E-state index in [0.717, 1.165) is 38.0 Å². The van der Waals surface area contributed by atoms with Crippen LogP contribution in [-0.2, 0) is 0 Å². The summed E-state index contributed by atoms with van der Waals surface area (Å²) in [5.74, 6) is 0. The van der Waals surface area contributed by atoms with Crippen LogP contribution in [0.15, 0.2) is 24.3 Å². The van der Waals surface area contributed by atoms with E-state index in [9.17, 15) is 10.2 Å². The van der Waals surface area contributed by atoms with Crippen LogP contribution < -0.4 is 0 Å². The number of rotatable bonds is 4. The molecule has 1 aromatic carbocycles. The Morgan fingerprint density at radius 2 is 2.17 bits per heavy atom. The summed E-state index contributed by atoms with van der Waals surface area (Å²) in [6, 6.07) is 7.40. The van der Waals surface area contributed by atoms with Crippen molar-refractivity contribution >= 4 is 11.6 Å². The SMILES string of the molecule is OC1CCCN(CCC(O)c2ccccc2Cl)C1. The molecule has 1 aromatic rings. The number of halogens is 1. The van der Waals surface area contributed by atoms with Gasteiger partial charge in [-0.3, -0.25) is 0 Å². The molecule has 3 nitrogen and oxygen atoms in total. The van der Waals surface area contributed by atoms with Crippen LogP contribution in [0.2, 0.25) is 5.02 Å². The van der Waals surface area contributed by atoms with E-state index in [-0.39, 0.29) is 6.10 Å². The Labute approximate surface area is 113 Å². The van der Waals surface area contributed by atoms with Gasteiger partial charge < -0.3 is 15.1 Å². The van der Waals surface area contributed by atoms with Crippen molar-refractivity contribution in [1.29, 1.82) is 0 Å². The van der Waals surface area contributed by atoms with Gasteiger partial charge in [-0.25, -0.2) is 0 Å². The lowest BCUT2D eigenvalue weighted by atomic mass is 10.0. The molecule has 0 amide bonds. The van der Waals surface area contributed by atoms with Gasteiger partial charge in [0.05, 0.1) is 12.2 Å². The lowest BCUT2D eigenvalue weighted by molar-refractivity contribution is 0.0590. The molecule has 2 N–H and O–H groups in total. The number of β-amino-alcohol motifs (C(OH)–C–C–N with tert-alkyl or cyclic N) is 1. The van der Waals surface area contributed by atoms with Crippen molar-refractivity contribution in [3.63, 3.8) is 0 Å². The van der Waals surface area contributed by atoms with Crippen molar-refractivity contribution < 1.29 is 10.2 Å². The summed E-state index contributed by atoms with van der Waals surface area (Å²) in [6.45, 7) is 2.52. The van der Waals surface area contributed by atoms with Crippen molar-refractivity contribution in [3.05, 3.63) is 34.9 Å². The predicted octanol–water partition coefficient (Wildman–Crippen LogP) is 2.22. The predicted molar refractivity (Wildman–Crippen MR) is 72.7 cm³/mol. The van der Waals surface area contributed by atoms with E-state index in [1.54, 1.807) is 6.07 Å². The van der Waals surface area contributed by atoms with E-state index in [4.69, 9.17) is 11.6 Å². The summed E-state index contributed by atoms with van der Waals surface area (Å²) in [7, 11) is 0. The van der Waals surface area contributed by atoms with Gasteiger partial charge in [0, 0.05) is 18.1 Å². The summed E-state index contributed by atoms with van der Waals surface area (Å²) in [4.78, 5) is 2.20. The van der Waals surface area contributed by atoms with Crippen molar-refractivity contribution in [2.45, 2.75) is 31.5 Å². The molecule has 2 unspecified atom stereocenters. The minimum atomic E-state index is -0.530. The number of likely N-dealkylation sites (tertiary alicyclic amines) is 1. The first-order valence-electron chi connectivity index (χ1n) is 6.49. The molecule has 0 bridgehead atoms. The lowest BCUT2D eigenvalue weighted by Crippen LogP contribution is -2.39. The molecule has 2 atom stereocenters. The Bertz CT molecular complexity index is 386. The topological polar surface area (TPSA) is 43.7 Å². The Hall–Kier alpha value is -0.610. The summed E-state index contributed by atoms with van der Waals surface area (Å²) < 4.78 is 0. The molecule has 4 heteroatoms. The second-order valence-corrected chi connectivity index (χ2v) is 5.33. The van der Waals surface area contributed by atoms with Gasteiger partial charge in [-0.15, -0.1) is 0 Å². The van der Waals surface area contributed by atoms with Gasteiger partial charge in [0.1, 0.15) is 0 Å². The Morgan fingerprint density at radius 1 is 1.39 bits per heavy atom. The van der Waals surface area contributed by atoms with E-state index < -0.39 is 6.10 Å². The summed E-state index contributed by atoms with van der Waals surface area (Å²) in [5, 5.41) is 20.3. The maximum absolute atomic E-state index is 10.1. The third-order valence-electron chi connectivity index (χ3n) is 3.46. The molecule has 1 saturated heterocycles. The number of piperidine rings is 1. The molecule has 18 heavy (non-hydrogen) atoms. The molecule has 2 rings (SSSR count). The fourth-order valence-corrected chi connectivity index (χ4v) is 2.70. The molecule has 0 saturated carbocycles. The zero-order valence-corrected chi connectivity index (χ0v) is 11.2. The number of nitrogens with zero attached hydrogens (tertiary/aromatic N) is 1. The van der Waals surface area contributed by atoms with Crippen LogP contribution in [0.4, 0.5) is 0 Å². The van der Waals surface area contributed by atoms with Crippen LogP contribution in [0.3, 0.4) is 0 Å². The van der Waals surface area contributed by atoms with Gasteiger partial charge in [-0.2, -0.15) is 0 Å². The zero-order valence-electron chi connectivity index (χ0n) is 10.4. The molecule has 1 fully saturated rings. The minimum absolute atomic E-state index is 0.212. The molecule has 100 valence electrons. The maximum Gasteiger partial charge on any atom is 0.0816 e. The van der Waals surface area contributed by atoms with Gasteiger partial charge in [0.2, 0.25) is 0 Å². The number of hydrogen-bond acceptors (Lipinski definition) is 3. The lowest BCUT2D eigenvalue weighted by Gasteiger charge is -2.30. The first kappa shape index (κ1) is 13.8. The Kier molecular flexibility index (Phi) is 5.01. The zero-order chi connectivity index (χ0) is 13.0. The van der Waals surface area contributed by atoms with Gasteiger partial charge in [-0.1, -0.05) is 29.8 Å². The Morgan fingerprint density at radius 3 is 2.89 bits per heavy atom. The monoisotopic (exact) mass is 269 g/mol. The molecule has 1 aliphatic rings. The quantitative estimate of drug-likeness (QED) is 0.881. The molecule has 0 aliphatic carbocycles. The number of aliphatic hydroxyl groups excluding tert-OH is 2. The molecule has 0 aromatic heterocycles. The average Bonchev–Trinajstić information content (AvgIpc) is 2.37. The van der Waals surface area contributed by atoms with Gasteiger partial charge in [-0.05, 0) is 37.4 Å². The van der Waals surface area contributed by atoms with Crippen LogP contribution in [0, 0.1) is 0 Å². The summed E-state index contributed by atoms with van der Waals surface area (Å²) in [5.41, 5.74) is 0.789. The van der Waals surface area contributed by atoms with Gasteiger partial charge in [0.25, 0.3) is 0 Å². The molecule has 1 aliphatic heterocycles. The van der Waals surface area contributed by atoms with Crippen LogP contribution in [0.25, 0.3) is 0 Å². The second kappa shape index (κ2) is 6.53. The molecule has 1 heterocycles. The molecular formula is C14H20ClNO2. The highest BCUT2D eigenvalue weighted by Crippen LogP contribution is 2.25.